The number of carbonyl (C=O) groups is 1. The van der Waals surface area contributed by atoms with Crippen LogP contribution in [0.5, 0.6) is 0 Å². The largest absolute Gasteiger partial charge is 0.385 e. The number of methoxy groups -OCH3 is 1. The maximum Gasteiger partial charge on any atom is 0.322 e. The number of halogens is 1. The molecule has 1 aromatic rings. The van der Waals surface area contributed by atoms with Crippen LogP contribution in [0.2, 0.25) is 5.02 Å². The van der Waals surface area contributed by atoms with E-state index < -0.39 is 0 Å². The van der Waals surface area contributed by atoms with Crippen LogP contribution < -0.4 is 5.32 Å². The Morgan fingerprint density at radius 3 is 2.85 bits per heavy atom. The molecule has 0 aliphatic carbocycles. The zero-order valence-electron chi connectivity index (χ0n) is 11.8. The van der Waals surface area contributed by atoms with E-state index in [1.165, 1.54) is 6.42 Å². The van der Waals surface area contributed by atoms with Gasteiger partial charge in [-0.1, -0.05) is 11.6 Å². The fourth-order valence-corrected chi connectivity index (χ4v) is 2.68. The monoisotopic (exact) mass is 296 g/mol. The zero-order valence-corrected chi connectivity index (χ0v) is 12.5. The summed E-state index contributed by atoms with van der Waals surface area (Å²) in [6, 6.07) is 7.41. The molecule has 1 fully saturated rings. The van der Waals surface area contributed by atoms with E-state index in [2.05, 4.69) is 5.32 Å². The van der Waals surface area contributed by atoms with Crippen molar-refractivity contribution in [1.82, 2.24) is 4.90 Å². The zero-order chi connectivity index (χ0) is 14.4. The van der Waals surface area contributed by atoms with E-state index in [0.717, 1.165) is 31.5 Å². The molecule has 1 saturated heterocycles. The Hall–Kier alpha value is -1.26. The van der Waals surface area contributed by atoms with E-state index in [9.17, 15) is 4.79 Å². The van der Waals surface area contributed by atoms with Gasteiger partial charge in [0.05, 0.1) is 0 Å². The van der Waals surface area contributed by atoms with Crippen LogP contribution in [0.4, 0.5) is 10.5 Å². The minimum Gasteiger partial charge on any atom is -0.385 e. The number of carbonyl (C=O) groups excluding carboxylic acids is 1. The first-order valence-corrected chi connectivity index (χ1v) is 7.40. The summed E-state index contributed by atoms with van der Waals surface area (Å²) in [7, 11) is 1.70. The van der Waals surface area contributed by atoms with Crippen LogP contribution in [-0.4, -0.2) is 37.2 Å². The predicted molar refractivity (Wildman–Crippen MR) is 81.3 cm³/mol. The number of benzene rings is 1. The number of nitrogens with one attached hydrogen (secondary N) is 1. The molecule has 1 aliphatic heterocycles. The van der Waals surface area contributed by atoms with Crippen molar-refractivity contribution < 1.29 is 9.53 Å². The Labute approximate surface area is 125 Å². The van der Waals surface area contributed by atoms with Crippen LogP contribution in [0.15, 0.2) is 24.3 Å². The Morgan fingerprint density at radius 2 is 2.15 bits per heavy atom. The summed E-state index contributed by atoms with van der Waals surface area (Å²) in [6.45, 7) is 1.50. The van der Waals surface area contributed by atoms with Gasteiger partial charge in [-0.05, 0) is 49.9 Å². The van der Waals surface area contributed by atoms with Gasteiger partial charge < -0.3 is 15.0 Å². The van der Waals surface area contributed by atoms with Gasteiger partial charge in [-0.25, -0.2) is 4.79 Å². The van der Waals surface area contributed by atoms with Crippen molar-refractivity contribution in [2.24, 2.45) is 0 Å². The van der Waals surface area contributed by atoms with Crippen molar-refractivity contribution in [2.75, 3.05) is 25.6 Å². The molecular formula is C15H21ClN2O2. The highest BCUT2D eigenvalue weighted by atomic mass is 35.5. The first kappa shape index (κ1) is 15.1. The highest BCUT2D eigenvalue weighted by Gasteiger charge is 2.26. The van der Waals surface area contributed by atoms with Crippen LogP contribution in [0.1, 0.15) is 25.7 Å². The number of hydrogen-bond acceptors (Lipinski definition) is 2. The van der Waals surface area contributed by atoms with Gasteiger partial charge in [0.25, 0.3) is 0 Å². The van der Waals surface area contributed by atoms with E-state index >= 15 is 0 Å². The summed E-state index contributed by atoms with van der Waals surface area (Å²) in [4.78, 5) is 14.3. The van der Waals surface area contributed by atoms with Crippen molar-refractivity contribution in [3.05, 3.63) is 29.3 Å². The number of anilines is 1. The number of hydrogen-bond donors (Lipinski definition) is 1. The number of likely N-dealkylation sites (tertiary alicyclic amines) is 1. The summed E-state index contributed by atoms with van der Waals surface area (Å²) in [6.07, 6.45) is 4.19. The molecule has 110 valence electrons. The molecule has 2 rings (SSSR count). The first-order chi connectivity index (χ1) is 9.70. The molecule has 20 heavy (non-hydrogen) atoms. The van der Waals surface area contributed by atoms with Crippen LogP contribution in [0, 0.1) is 0 Å². The Kier molecular flexibility index (Phi) is 5.68. The fourth-order valence-electron chi connectivity index (χ4n) is 2.55. The van der Waals surface area contributed by atoms with Gasteiger partial charge in [-0.3, -0.25) is 0 Å². The van der Waals surface area contributed by atoms with Gasteiger partial charge in [0.15, 0.2) is 0 Å². The number of amides is 2. The summed E-state index contributed by atoms with van der Waals surface area (Å²) in [5.74, 6) is 0. The number of ether oxygens (including phenoxy) is 1. The molecular weight excluding hydrogens is 276 g/mol. The van der Waals surface area contributed by atoms with Crippen LogP contribution in [-0.2, 0) is 4.74 Å². The number of nitrogens with zero attached hydrogens (tertiary/aromatic N) is 1. The van der Waals surface area contributed by atoms with Crippen molar-refractivity contribution in [3.63, 3.8) is 0 Å². The fraction of sp³-hybridized carbons (Fsp3) is 0.533. The standard InChI is InChI=1S/C15H21ClN2O2/c1-20-11-9-14-4-2-3-10-18(14)15(19)17-13-7-5-12(16)6-8-13/h5-8,14H,2-4,9-11H2,1H3,(H,17,19)/t14-/m1/s1. The molecule has 1 aromatic carbocycles. The summed E-state index contributed by atoms with van der Waals surface area (Å²) < 4.78 is 5.13. The maximum atomic E-state index is 12.4. The van der Waals surface area contributed by atoms with Gasteiger partial charge in [0.2, 0.25) is 0 Å². The van der Waals surface area contributed by atoms with Crippen LogP contribution in [0.25, 0.3) is 0 Å². The van der Waals surface area contributed by atoms with E-state index in [0.29, 0.717) is 11.6 Å². The second-order valence-corrected chi connectivity index (χ2v) is 5.50. The lowest BCUT2D eigenvalue weighted by atomic mass is 10.00. The smallest absolute Gasteiger partial charge is 0.322 e. The Bertz CT molecular complexity index is 436. The quantitative estimate of drug-likeness (QED) is 0.919. The molecule has 1 aliphatic rings. The lowest BCUT2D eigenvalue weighted by Gasteiger charge is -2.35. The molecule has 0 radical (unpaired) electrons. The van der Waals surface area contributed by atoms with Crippen LogP contribution in [0.3, 0.4) is 0 Å². The number of piperidine rings is 1. The van der Waals surface area contributed by atoms with Crippen molar-refractivity contribution in [2.45, 2.75) is 31.7 Å². The van der Waals surface area contributed by atoms with Gasteiger partial charge in [-0.2, -0.15) is 0 Å². The average molecular weight is 297 g/mol. The predicted octanol–water partition coefficient (Wildman–Crippen LogP) is 3.76. The van der Waals surface area contributed by atoms with E-state index in [1.54, 1.807) is 19.2 Å². The van der Waals surface area contributed by atoms with Gasteiger partial charge in [0.1, 0.15) is 0 Å². The van der Waals surface area contributed by atoms with Crippen molar-refractivity contribution in [3.8, 4) is 0 Å². The van der Waals surface area contributed by atoms with Crippen molar-refractivity contribution in [1.29, 1.82) is 0 Å². The highest BCUT2D eigenvalue weighted by molar-refractivity contribution is 6.30. The van der Waals surface area contributed by atoms with Gasteiger partial charge in [-0.15, -0.1) is 0 Å². The molecule has 1 atom stereocenters. The van der Waals surface area contributed by atoms with E-state index in [-0.39, 0.29) is 12.1 Å². The Balaban J connectivity index is 1.96. The third-order valence-corrected chi connectivity index (χ3v) is 3.89. The molecule has 1 N–H and O–H groups in total. The molecule has 0 saturated carbocycles. The molecule has 0 spiro atoms. The first-order valence-electron chi connectivity index (χ1n) is 7.03. The maximum absolute atomic E-state index is 12.4. The molecule has 5 heteroatoms. The summed E-state index contributed by atoms with van der Waals surface area (Å²) >= 11 is 5.84. The SMILES string of the molecule is COCC[C@H]1CCCCN1C(=O)Nc1ccc(Cl)cc1. The molecule has 0 bridgehead atoms. The van der Waals surface area contributed by atoms with E-state index in [1.807, 2.05) is 17.0 Å². The van der Waals surface area contributed by atoms with Gasteiger partial charge >= 0.3 is 6.03 Å². The van der Waals surface area contributed by atoms with E-state index in [4.69, 9.17) is 16.3 Å². The second kappa shape index (κ2) is 7.50. The molecule has 0 unspecified atom stereocenters. The van der Waals surface area contributed by atoms with Crippen LogP contribution >= 0.6 is 11.6 Å². The molecule has 0 aromatic heterocycles. The topological polar surface area (TPSA) is 41.6 Å². The third-order valence-electron chi connectivity index (χ3n) is 3.64. The molecule has 1 heterocycles. The highest BCUT2D eigenvalue weighted by Crippen LogP contribution is 2.21. The van der Waals surface area contributed by atoms with Crippen molar-refractivity contribution >= 4 is 23.3 Å². The lowest BCUT2D eigenvalue weighted by molar-refractivity contribution is 0.123. The number of rotatable bonds is 4. The van der Waals surface area contributed by atoms with Gasteiger partial charge in [0, 0.05) is 37.0 Å². The lowest BCUT2D eigenvalue weighted by Crippen LogP contribution is -2.46. The summed E-state index contributed by atoms with van der Waals surface area (Å²) in [5.41, 5.74) is 0.774. The Morgan fingerprint density at radius 1 is 1.40 bits per heavy atom. The molecule has 2 amide bonds. The minimum atomic E-state index is -0.0341. The third kappa shape index (κ3) is 4.12. The molecule has 4 nitrogen and oxygen atoms in total. The normalized spacial score (nSPS) is 18.9. The second-order valence-electron chi connectivity index (χ2n) is 5.06. The minimum absolute atomic E-state index is 0.0341. The average Bonchev–Trinajstić information content (AvgIpc) is 2.47. The summed E-state index contributed by atoms with van der Waals surface area (Å²) in [5, 5.41) is 3.60. The number of urea groups is 1.